The van der Waals surface area contributed by atoms with Crippen LogP contribution in [0, 0.1) is 0 Å². The van der Waals surface area contributed by atoms with Gasteiger partial charge in [0.1, 0.15) is 17.8 Å². The summed E-state index contributed by atoms with van der Waals surface area (Å²) in [4.78, 5) is 18.6. The number of hydrogen-bond donors (Lipinski definition) is 1. The highest BCUT2D eigenvalue weighted by atomic mass is 16.5. The zero-order valence-corrected chi connectivity index (χ0v) is 11.3. The van der Waals surface area contributed by atoms with Gasteiger partial charge in [-0.25, -0.2) is 4.98 Å². The van der Waals surface area contributed by atoms with Gasteiger partial charge in [-0.15, -0.1) is 0 Å². The molecule has 0 spiro atoms. The smallest absolute Gasteiger partial charge is 0.254 e. The lowest BCUT2D eigenvalue weighted by molar-refractivity contribution is -0.152. The summed E-state index contributed by atoms with van der Waals surface area (Å²) in [6.45, 7) is 4.19. The maximum absolute atomic E-state index is 12.5. The predicted molar refractivity (Wildman–Crippen MR) is 68.5 cm³/mol. The molecule has 1 aromatic rings. The lowest BCUT2D eigenvalue weighted by Crippen LogP contribution is -2.49. The second-order valence-electron chi connectivity index (χ2n) is 5.62. The molecule has 2 aliphatic heterocycles. The topological polar surface area (TPSA) is 71.1 Å². The van der Waals surface area contributed by atoms with Crippen LogP contribution in [0.4, 0.5) is 0 Å². The molecule has 3 heterocycles. The minimum atomic E-state index is -0.584. The number of H-pyrrole nitrogens is 1. The van der Waals surface area contributed by atoms with Gasteiger partial charge in [0.25, 0.3) is 5.91 Å². The first-order chi connectivity index (χ1) is 9.19. The zero-order chi connectivity index (χ0) is 13.3. The van der Waals surface area contributed by atoms with E-state index in [9.17, 15) is 4.79 Å². The van der Waals surface area contributed by atoms with Gasteiger partial charge in [0.15, 0.2) is 0 Å². The quantitative estimate of drug-likeness (QED) is 0.867. The van der Waals surface area contributed by atoms with Crippen LogP contribution < -0.4 is 0 Å². The fourth-order valence-electron chi connectivity index (χ4n) is 3.05. The number of aromatic nitrogens is 3. The molecule has 0 saturated carbocycles. The van der Waals surface area contributed by atoms with Crippen molar-refractivity contribution in [2.24, 2.45) is 0 Å². The van der Waals surface area contributed by atoms with Crippen LogP contribution in [0.15, 0.2) is 6.33 Å². The second-order valence-corrected chi connectivity index (χ2v) is 5.62. The average Bonchev–Trinajstić information content (AvgIpc) is 3.10. The van der Waals surface area contributed by atoms with E-state index in [1.807, 2.05) is 11.8 Å². The van der Waals surface area contributed by atoms with Gasteiger partial charge in [0.2, 0.25) is 0 Å². The molecule has 0 radical (unpaired) electrons. The second kappa shape index (κ2) is 4.92. The zero-order valence-electron chi connectivity index (χ0n) is 11.3. The number of nitrogens with zero attached hydrogens (tertiary/aromatic N) is 3. The molecular formula is C13H20N4O2. The van der Waals surface area contributed by atoms with Crippen molar-refractivity contribution < 1.29 is 9.53 Å². The molecule has 6 nitrogen and oxygen atoms in total. The molecule has 2 saturated heterocycles. The number of hydrogen-bond acceptors (Lipinski definition) is 4. The Bertz CT molecular complexity index is 432. The summed E-state index contributed by atoms with van der Waals surface area (Å²) in [5.41, 5.74) is -0.584. The highest BCUT2D eigenvalue weighted by Crippen LogP contribution is 2.31. The van der Waals surface area contributed by atoms with Gasteiger partial charge in [-0.05, 0) is 32.6 Å². The van der Waals surface area contributed by atoms with E-state index in [0.29, 0.717) is 12.5 Å². The van der Waals surface area contributed by atoms with E-state index in [4.69, 9.17) is 4.74 Å². The molecular weight excluding hydrogens is 244 g/mol. The van der Waals surface area contributed by atoms with E-state index in [2.05, 4.69) is 15.2 Å². The molecule has 1 N–H and O–H groups in total. The van der Waals surface area contributed by atoms with Gasteiger partial charge in [-0.2, -0.15) is 5.10 Å². The van der Waals surface area contributed by atoms with Gasteiger partial charge in [-0.3, -0.25) is 9.89 Å². The van der Waals surface area contributed by atoms with Crippen molar-refractivity contribution in [2.45, 2.75) is 44.1 Å². The van der Waals surface area contributed by atoms with Crippen molar-refractivity contribution in [3.8, 4) is 0 Å². The van der Waals surface area contributed by atoms with Crippen molar-refractivity contribution in [3.63, 3.8) is 0 Å². The third kappa shape index (κ3) is 2.36. The number of amides is 1. The fourth-order valence-corrected chi connectivity index (χ4v) is 3.05. The number of nitrogens with one attached hydrogen (secondary N) is 1. The van der Waals surface area contributed by atoms with Crippen LogP contribution in [0.3, 0.4) is 0 Å². The molecule has 1 amide bonds. The van der Waals surface area contributed by atoms with Crippen LogP contribution in [0.25, 0.3) is 0 Å². The SMILES string of the molecule is CC1(C(=O)N2CCC(c3ncn[nH]3)CC2)CCCO1. The van der Waals surface area contributed by atoms with Gasteiger partial charge in [0, 0.05) is 25.6 Å². The Morgan fingerprint density at radius 2 is 2.32 bits per heavy atom. The Kier molecular flexibility index (Phi) is 3.26. The number of aromatic amines is 1. The summed E-state index contributed by atoms with van der Waals surface area (Å²) < 4.78 is 5.63. The fraction of sp³-hybridized carbons (Fsp3) is 0.769. The summed E-state index contributed by atoms with van der Waals surface area (Å²) in [6, 6.07) is 0. The molecule has 2 fully saturated rings. The van der Waals surface area contributed by atoms with E-state index >= 15 is 0 Å². The average molecular weight is 264 g/mol. The standard InChI is InChI=1S/C13H20N4O2/c1-13(5-2-8-19-13)12(18)17-6-3-10(4-7-17)11-14-9-15-16-11/h9-10H,2-8H2,1H3,(H,14,15,16). The maximum Gasteiger partial charge on any atom is 0.254 e. The van der Waals surface area contributed by atoms with Crippen LogP contribution in [0.2, 0.25) is 0 Å². The molecule has 0 aromatic carbocycles. The van der Waals surface area contributed by atoms with E-state index in [0.717, 1.165) is 44.6 Å². The van der Waals surface area contributed by atoms with E-state index in [1.54, 1.807) is 6.33 Å². The molecule has 1 aromatic heterocycles. The number of rotatable bonds is 2. The van der Waals surface area contributed by atoms with Crippen LogP contribution >= 0.6 is 0 Å². The summed E-state index contributed by atoms with van der Waals surface area (Å²) >= 11 is 0. The van der Waals surface area contributed by atoms with Crippen molar-refractivity contribution in [2.75, 3.05) is 19.7 Å². The van der Waals surface area contributed by atoms with Crippen LogP contribution in [0.5, 0.6) is 0 Å². The van der Waals surface area contributed by atoms with E-state index < -0.39 is 5.60 Å². The molecule has 19 heavy (non-hydrogen) atoms. The lowest BCUT2D eigenvalue weighted by atomic mass is 9.93. The van der Waals surface area contributed by atoms with Crippen molar-refractivity contribution in [1.29, 1.82) is 0 Å². The lowest BCUT2D eigenvalue weighted by Gasteiger charge is -2.35. The molecule has 2 aliphatic rings. The van der Waals surface area contributed by atoms with Crippen LogP contribution in [-0.2, 0) is 9.53 Å². The first kappa shape index (κ1) is 12.6. The Hall–Kier alpha value is -1.43. The number of ether oxygens (including phenoxy) is 1. The van der Waals surface area contributed by atoms with E-state index in [1.165, 1.54) is 0 Å². The number of carbonyl (C=O) groups excluding carboxylic acids is 1. The normalized spacial score (nSPS) is 28.8. The van der Waals surface area contributed by atoms with Crippen molar-refractivity contribution in [1.82, 2.24) is 20.1 Å². The van der Waals surface area contributed by atoms with Gasteiger partial charge >= 0.3 is 0 Å². The van der Waals surface area contributed by atoms with Gasteiger partial charge in [-0.1, -0.05) is 0 Å². The highest BCUT2D eigenvalue weighted by molar-refractivity contribution is 5.85. The first-order valence-electron chi connectivity index (χ1n) is 6.98. The first-order valence-corrected chi connectivity index (χ1v) is 6.98. The largest absolute Gasteiger partial charge is 0.365 e. The number of likely N-dealkylation sites (tertiary alicyclic amines) is 1. The van der Waals surface area contributed by atoms with Gasteiger partial charge in [0.05, 0.1) is 0 Å². The van der Waals surface area contributed by atoms with E-state index in [-0.39, 0.29) is 5.91 Å². The number of piperidine rings is 1. The minimum Gasteiger partial charge on any atom is -0.365 e. The van der Waals surface area contributed by atoms with Crippen molar-refractivity contribution in [3.05, 3.63) is 12.2 Å². The molecule has 104 valence electrons. The molecule has 6 heteroatoms. The van der Waals surface area contributed by atoms with Crippen molar-refractivity contribution >= 4 is 5.91 Å². The maximum atomic E-state index is 12.5. The van der Waals surface area contributed by atoms with Crippen LogP contribution in [0.1, 0.15) is 44.3 Å². The Labute approximate surface area is 112 Å². The number of carbonyl (C=O) groups is 1. The Morgan fingerprint density at radius 1 is 1.53 bits per heavy atom. The molecule has 3 rings (SSSR count). The summed E-state index contributed by atoms with van der Waals surface area (Å²) in [5.74, 6) is 1.49. The Balaban J connectivity index is 1.59. The minimum absolute atomic E-state index is 0.154. The summed E-state index contributed by atoms with van der Waals surface area (Å²) in [5, 5.41) is 6.81. The monoisotopic (exact) mass is 264 g/mol. The summed E-state index contributed by atoms with van der Waals surface area (Å²) in [7, 11) is 0. The predicted octanol–water partition coefficient (Wildman–Crippen LogP) is 1.08. The Morgan fingerprint density at radius 3 is 2.89 bits per heavy atom. The summed E-state index contributed by atoms with van der Waals surface area (Å²) in [6.07, 6.45) is 5.25. The third-order valence-corrected chi connectivity index (χ3v) is 4.27. The molecule has 1 unspecified atom stereocenters. The molecule has 0 bridgehead atoms. The molecule has 1 atom stereocenters. The van der Waals surface area contributed by atoms with Gasteiger partial charge < -0.3 is 9.64 Å². The third-order valence-electron chi connectivity index (χ3n) is 4.27. The highest BCUT2D eigenvalue weighted by Gasteiger charge is 2.41. The van der Waals surface area contributed by atoms with Crippen LogP contribution in [-0.4, -0.2) is 51.3 Å². The molecule has 0 aliphatic carbocycles.